The van der Waals surface area contributed by atoms with Crippen molar-refractivity contribution in [1.82, 2.24) is 20.4 Å². The molecule has 2 saturated heterocycles. The van der Waals surface area contributed by atoms with Gasteiger partial charge in [-0.2, -0.15) is 0 Å². The summed E-state index contributed by atoms with van der Waals surface area (Å²) < 4.78 is 5.56. The zero-order chi connectivity index (χ0) is 21.5. The van der Waals surface area contributed by atoms with Gasteiger partial charge in [0.25, 0.3) is 0 Å². The number of ether oxygens (including phenoxy) is 1. The van der Waals surface area contributed by atoms with Gasteiger partial charge in [0.05, 0.1) is 25.8 Å². The van der Waals surface area contributed by atoms with E-state index in [2.05, 4.69) is 44.9 Å². The molecule has 9 heteroatoms. The van der Waals surface area contributed by atoms with Crippen LogP contribution in [0.4, 0.5) is 0 Å². The lowest BCUT2D eigenvalue weighted by Gasteiger charge is -2.33. The van der Waals surface area contributed by atoms with E-state index in [-0.39, 0.29) is 42.0 Å². The van der Waals surface area contributed by atoms with E-state index >= 15 is 0 Å². The summed E-state index contributed by atoms with van der Waals surface area (Å²) in [6, 6.07) is 4.88. The number of rotatable bonds is 7. The van der Waals surface area contributed by atoms with Crippen LogP contribution < -0.4 is 10.6 Å². The highest BCUT2D eigenvalue weighted by Gasteiger charge is 2.32. The maximum absolute atomic E-state index is 12.8. The van der Waals surface area contributed by atoms with Crippen LogP contribution in [0, 0.1) is 5.92 Å². The van der Waals surface area contributed by atoms with E-state index in [0.717, 1.165) is 71.2 Å². The lowest BCUT2D eigenvalue weighted by Crippen LogP contribution is -2.46. The Morgan fingerprint density at radius 2 is 2.03 bits per heavy atom. The first-order chi connectivity index (χ1) is 15.2. The number of guanidine groups is 1. The van der Waals surface area contributed by atoms with Crippen molar-refractivity contribution in [2.24, 2.45) is 10.9 Å². The van der Waals surface area contributed by atoms with Crippen LogP contribution in [0.2, 0.25) is 0 Å². The second-order valence-corrected chi connectivity index (χ2v) is 9.77. The molecule has 3 aliphatic rings. The number of morpholine rings is 1. The van der Waals surface area contributed by atoms with Gasteiger partial charge in [0.15, 0.2) is 5.96 Å². The molecular formula is C23H38IN5O2S. The average Bonchev–Trinajstić information content (AvgIpc) is 3.57. The summed E-state index contributed by atoms with van der Waals surface area (Å²) in [7, 11) is 0. The van der Waals surface area contributed by atoms with Crippen LogP contribution in [0.15, 0.2) is 22.5 Å². The molecule has 2 aliphatic heterocycles. The molecule has 1 amide bonds. The van der Waals surface area contributed by atoms with Gasteiger partial charge in [-0.3, -0.25) is 14.7 Å². The Balaban J connectivity index is 0.00000289. The van der Waals surface area contributed by atoms with Crippen molar-refractivity contribution in [3.05, 3.63) is 22.4 Å². The van der Waals surface area contributed by atoms with E-state index in [4.69, 9.17) is 9.73 Å². The van der Waals surface area contributed by atoms with Crippen LogP contribution in [0.25, 0.3) is 0 Å². The Labute approximate surface area is 213 Å². The van der Waals surface area contributed by atoms with Crippen molar-refractivity contribution in [3.8, 4) is 0 Å². The van der Waals surface area contributed by atoms with Gasteiger partial charge in [0, 0.05) is 49.6 Å². The highest BCUT2D eigenvalue weighted by atomic mass is 127. The molecule has 0 bridgehead atoms. The quantitative estimate of drug-likeness (QED) is 0.297. The van der Waals surface area contributed by atoms with Gasteiger partial charge in [0.2, 0.25) is 5.91 Å². The Morgan fingerprint density at radius 3 is 2.72 bits per heavy atom. The van der Waals surface area contributed by atoms with E-state index in [9.17, 15) is 4.79 Å². The van der Waals surface area contributed by atoms with Crippen molar-refractivity contribution in [1.29, 1.82) is 0 Å². The maximum atomic E-state index is 12.8. The molecular weight excluding hydrogens is 537 g/mol. The van der Waals surface area contributed by atoms with Crippen LogP contribution >= 0.6 is 35.3 Å². The second-order valence-electron chi connectivity index (χ2n) is 8.79. The first-order valence-corrected chi connectivity index (χ1v) is 12.8. The summed E-state index contributed by atoms with van der Waals surface area (Å²) in [5.41, 5.74) is 0. The minimum Gasteiger partial charge on any atom is -0.379 e. The predicted molar refractivity (Wildman–Crippen MR) is 141 cm³/mol. The molecule has 0 aromatic carbocycles. The zero-order valence-electron chi connectivity index (χ0n) is 19.1. The van der Waals surface area contributed by atoms with E-state index in [1.54, 1.807) is 11.3 Å². The van der Waals surface area contributed by atoms with Crippen LogP contribution in [-0.2, 0) is 9.53 Å². The molecule has 1 aromatic rings. The number of likely N-dealkylation sites (tertiary alicyclic amines) is 1. The van der Waals surface area contributed by atoms with Crippen molar-refractivity contribution in [2.45, 2.75) is 51.1 Å². The largest absolute Gasteiger partial charge is 0.379 e. The van der Waals surface area contributed by atoms with Gasteiger partial charge in [0.1, 0.15) is 0 Å². The highest BCUT2D eigenvalue weighted by Crippen LogP contribution is 2.28. The van der Waals surface area contributed by atoms with E-state index in [0.29, 0.717) is 12.5 Å². The first-order valence-electron chi connectivity index (χ1n) is 11.9. The standard InChI is InChI=1S/C23H37N5O2S.HI/c1-2-24-23(26-19-9-10-28(17-19)22(29)18-6-3-4-7-18)25-16-20(21-8-5-15-31-21)27-11-13-30-14-12-27;/h5,8,15,18-20H,2-4,6-7,9-14,16-17H2,1H3,(H2,24,25,26);1H. The lowest BCUT2D eigenvalue weighted by atomic mass is 10.1. The molecule has 3 heterocycles. The molecule has 1 saturated carbocycles. The third-order valence-electron chi connectivity index (χ3n) is 6.67. The van der Waals surface area contributed by atoms with Gasteiger partial charge in [-0.15, -0.1) is 35.3 Å². The Hall–Kier alpha value is -0.910. The summed E-state index contributed by atoms with van der Waals surface area (Å²) in [6.07, 6.45) is 5.54. The molecule has 32 heavy (non-hydrogen) atoms. The fourth-order valence-corrected chi connectivity index (χ4v) is 5.81. The number of nitrogens with one attached hydrogen (secondary N) is 2. The van der Waals surface area contributed by atoms with Crippen molar-refractivity contribution in [2.75, 3.05) is 52.5 Å². The number of hydrogen-bond acceptors (Lipinski definition) is 5. The molecule has 2 N–H and O–H groups in total. The molecule has 0 spiro atoms. The summed E-state index contributed by atoms with van der Waals surface area (Å²) in [4.78, 5) is 23.6. The topological polar surface area (TPSA) is 69.2 Å². The van der Waals surface area contributed by atoms with Crippen LogP contribution in [0.1, 0.15) is 49.9 Å². The normalized spacial score (nSPS) is 23.7. The summed E-state index contributed by atoms with van der Waals surface area (Å²) in [6.45, 7) is 8.76. The number of carbonyl (C=O) groups is 1. The van der Waals surface area contributed by atoms with Crippen LogP contribution in [0.5, 0.6) is 0 Å². The lowest BCUT2D eigenvalue weighted by molar-refractivity contribution is -0.134. The SMILES string of the molecule is CCNC(=NCC(c1cccs1)N1CCOCC1)NC1CCN(C(=O)C2CCCC2)C1.I. The number of hydrogen-bond donors (Lipinski definition) is 2. The molecule has 1 aromatic heterocycles. The molecule has 3 fully saturated rings. The molecule has 180 valence electrons. The molecule has 4 rings (SSSR count). The zero-order valence-corrected chi connectivity index (χ0v) is 22.3. The molecule has 0 radical (unpaired) electrons. The Morgan fingerprint density at radius 1 is 1.25 bits per heavy atom. The number of aliphatic imine (C=N–C) groups is 1. The van der Waals surface area contributed by atoms with E-state index in [1.165, 1.54) is 17.7 Å². The van der Waals surface area contributed by atoms with E-state index in [1.807, 2.05) is 0 Å². The van der Waals surface area contributed by atoms with Gasteiger partial charge < -0.3 is 20.3 Å². The van der Waals surface area contributed by atoms with Crippen LogP contribution in [0.3, 0.4) is 0 Å². The maximum Gasteiger partial charge on any atom is 0.225 e. The Kier molecular flexibility index (Phi) is 10.5. The number of nitrogens with zero attached hydrogens (tertiary/aromatic N) is 3. The third kappa shape index (κ3) is 6.80. The number of carbonyl (C=O) groups excluding carboxylic acids is 1. The van der Waals surface area contributed by atoms with Gasteiger partial charge in [-0.05, 0) is 37.6 Å². The number of halogens is 1. The molecule has 7 nitrogen and oxygen atoms in total. The third-order valence-corrected chi connectivity index (χ3v) is 7.64. The molecule has 1 aliphatic carbocycles. The monoisotopic (exact) mass is 575 g/mol. The van der Waals surface area contributed by atoms with Crippen molar-refractivity contribution < 1.29 is 9.53 Å². The molecule has 2 atom stereocenters. The van der Waals surface area contributed by atoms with Crippen LogP contribution in [-0.4, -0.2) is 80.2 Å². The summed E-state index contributed by atoms with van der Waals surface area (Å²) in [5, 5.41) is 9.15. The van der Waals surface area contributed by atoms with Gasteiger partial charge in [-0.1, -0.05) is 18.9 Å². The predicted octanol–water partition coefficient (Wildman–Crippen LogP) is 3.09. The number of amides is 1. The minimum absolute atomic E-state index is 0. The molecule has 2 unspecified atom stereocenters. The Bertz CT molecular complexity index is 720. The highest BCUT2D eigenvalue weighted by molar-refractivity contribution is 14.0. The second kappa shape index (κ2) is 13.1. The smallest absolute Gasteiger partial charge is 0.225 e. The van der Waals surface area contributed by atoms with Gasteiger partial charge in [-0.25, -0.2) is 0 Å². The fourth-order valence-electron chi connectivity index (χ4n) is 4.96. The summed E-state index contributed by atoms with van der Waals surface area (Å²) in [5.74, 6) is 1.49. The van der Waals surface area contributed by atoms with Crippen molar-refractivity contribution in [3.63, 3.8) is 0 Å². The summed E-state index contributed by atoms with van der Waals surface area (Å²) >= 11 is 1.80. The number of thiophene rings is 1. The first kappa shape index (κ1) is 25.7. The minimum atomic E-state index is 0. The fraction of sp³-hybridized carbons (Fsp3) is 0.739. The van der Waals surface area contributed by atoms with Gasteiger partial charge >= 0.3 is 0 Å². The van der Waals surface area contributed by atoms with E-state index < -0.39 is 0 Å². The van der Waals surface area contributed by atoms with Crippen molar-refractivity contribution >= 4 is 47.2 Å². The average molecular weight is 576 g/mol.